The molecule has 3 rings (SSSR count). The molecule has 0 saturated heterocycles. The molecule has 2 aliphatic rings. The molecule has 31 heavy (non-hydrogen) atoms. The molecule has 0 heterocycles. The van der Waals surface area contributed by atoms with Crippen molar-refractivity contribution in [2.75, 3.05) is 0 Å². The first kappa shape index (κ1) is 23.6. The third-order valence-electron chi connectivity index (χ3n) is 6.44. The molecule has 1 aromatic rings. The van der Waals surface area contributed by atoms with E-state index in [2.05, 4.69) is 5.32 Å². The van der Waals surface area contributed by atoms with Gasteiger partial charge >= 0.3 is 12.4 Å². The molecule has 0 bridgehead atoms. The first-order chi connectivity index (χ1) is 14.3. The van der Waals surface area contributed by atoms with Crippen LogP contribution in [0.3, 0.4) is 0 Å². The molecule has 2 N–H and O–H groups in total. The van der Waals surface area contributed by atoms with Crippen LogP contribution in [0.1, 0.15) is 68.1 Å². The van der Waals surface area contributed by atoms with Crippen molar-refractivity contribution in [3.05, 3.63) is 34.9 Å². The van der Waals surface area contributed by atoms with Crippen LogP contribution in [0, 0.1) is 5.41 Å². The van der Waals surface area contributed by atoms with Gasteiger partial charge in [0.2, 0.25) is 5.91 Å². The Bertz CT molecular complexity index is 825. The Kier molecular flexibility index (Phi) is 6.16. The highest BCUT2D eigenvalue weighted by Crippen LogP contribution is 2.51. The van der Waals surface area contributed by atoms with Crippen LogP contribution in [0.2, 0.25) is 0 Å². The molecular formula is C21H23F6NO3. The summed E-state index contributed by atoms with van der Waals surface area (Å²) >= 11 is 0. The normalized spacial score (nSPS) is 24.3. The summed E-state index contributed by atoms with van der Waals surface area (Å²) in [6.45, 7) is -0.585. The van der Waals surface area contributed by atoms with Crippen LogP contribution in [0.15, 0.2) is 18.2 Å². The minimum absolute atomic E-state index is 0.0210. The second kappa shape index (κ2) is 8.11. The Labute approximate surface area is 175 Å². The molecule has 4 nitrogen and oxygen atoms in total. The zero-order valence-electron chi connectivity index (χ0n) is 16.6. The van der Waals surface area contributed by atoms with Crippen molar-refractivity contribution in [2.24, 2.45) is 5.41 Å². The zero-order chi connectivity index (χ0) is 23.1. The summed E-state index contributed by atoms with van der Waals surface area (Å²) in [7, 11) is 0. The number of amides is 1. The highest BCUT2D eigenvalue weighted by Gasteiger charge is 2.58. The van der Waals surface area contributed by atoms with E-state index in [1.54, 1.807) is 0 Å². The second-order valence-corrected chi connectivity index (χ2v) is 8.49. The van der Waals surface area contributed by atoms with Crippen LogP contribution >= 0.6 is 0 Å². The molecule has 2 aliphatic carbocycles. The molecule has 1 amide bonds. The number of rotatable bonds is 4. The van der Waals surface area contributed by atoms with E-state index >= 15 is 0 Å². The number of ketones is 1. The highest BCUT2D eigenvalue weighted by molar-refractivity contribution is 5.94. The van der Waals surface area contributed by atoms with E-state index in [1.165, 1.54) is 0 Å². The predicted octanol–water partition coefficient (Wildman–Crippen LogP) is 4.78. The standard InChI is InChI=1S/C21H23F6NO3/c22-20(23,24)14-8-13(9-15(10-14)21(25,26)27)12-28-17(30)18(7-4-16(29)11-18)19(31)5-2-1-3-6-19/h8-10,31H,1-7,11-12H2,(H,28,30). The van der Waals surface area contributed by atoms with Crippen molar-refractivity contribution in [1.29, 1.82) is 0 Å². The van der Waals surface area contributed by atoms with Gasteiger partial charge < -0.3 is 10.4 Å². The lowest BCUT2D eigenvalue weighted by Gasteiger charge is -2.45. The number of hydrogen-bond donors (Lipinski definition) is 2. The Morgan fingerprint density at radius 1 is 0.935 bits per heavy atom. The lowest BCUT2D eigenvalue weighted by Crippen LogP contribution is -2.56. The van der Waals surface area contributed by atoms with E-state index in [1.807, 2.05) is 0 Å². The van der Waals surface area contributed by atoms with Gasteiger partial charge in [0.25, 0.3) is 0 Å². The van der Waals surface area contributed by atoms with Gasteiger partial charge in [-0.2, -0.15) is 26.3 Å². The molecule has 0 radical (unpaired) electrons. The molecule has 1 atom stereocenters. The van der Waals surface area contributed by atoms with Crippen molar-refractivity contribution in [3.63, 3.8) is 0 Å². The molecule has 1 aromatic carbocycles. The lowest BCUT2D eigenvalue weighted by molar-refractivity contribution is -0.158. The van der Waals surface area contributed by atoms with Gasteiger partial charge in [-0.1, -0.05) is 19.3 Å². The number of Topliss-reactive ketones (excluding diaryl/α,β-unsaturated/α-hetero) is 1. The number of aliphatic hydroxyl groups is 1. The summed E-state index contributed by atoms with van der Waals surface area (Å²) in [6.07, 6.45) is -7.13. The van der Waals surface area contributed by atoms with E-state index in [4.69, 9.17) is 0 Å². The first-order valence-electron chi connectivity index (χ1n) is 10.1. The number of carbonyl (C=O) groups excluding carboxylic acids is 2. The van der Waals surface area contributed by atoms with Crippen LogP contribution in [0.4, 0.5) is 26.3 Å². The molecule has 0 spiro atoms. The Hall–Kier alpha value is -2.10. The molecular weight excluding hydrogens is 428 g/mol. The summed E-state index contributed by atoms with van der Waals surface area (Å²) in [6, 6.07) is 1.13. The van der Waals surface area contributed by atoms with Gasteiger partial charge in [-0.05, 0) is 43.0 Å². The third kappa shape index (κ3) is 4.73. The Morgan fingerprint density at radius 3 is 1.94 bits per heavy atom. The number of nitrogens with one attached hydrogen (secondary N) is 1. The van der Waals surface area contributed by atoms with Crippen LogP contribution in [-0.2, 0) is 28.5 Å². The van der Waals surface area contributed by atoms with Crippen molar-refractivity contribution < 1.29 is 41.0 Å². The minimum atomic E-state index is -4.99. The van der Waals surface area contributed by atoms with E-state index in [0.29, 0.717) is 37.8 Å². The van der Waals surface area contributed by atoms with Gasteiger partial charge in [-0.25, -0.2) is 0 Å². The Balaban J connectivity index is 1.87. The third-order valence-corrected chi connectivity index (χ3v) is 6.44. The minimum Gasteiger partial charge on any atom is -0.389 e. The maximum absolute atomic E-state index is 13.1. The zero-order valence-corrected chi connectivity index (χ0v) is 16.6. The smallest absolute Gasteiger partial charge is 0.389 e. The lowest BCUT2D eigenvalue weighted by atomic mass is 9.63. The van der Waals surface area contributed by atoms with E-state index in [-0.39, 0.29) is 36.7 Å². The van der Waals surface area contributed by atoms with Crippen LogP contribution < -0.4 is 5.32 Å². The fraction of sp³-hybridized carbons (Fsp3) is 0.619. The van der Waals surface area contributed by atoms with Crippen molar-refractivity contribution >= 4 is 11.7 Å². The average Bonchev–Trinajstić information content (AvgIpc) is 3.09. The van der Waals surface area contributed by atoms with Crippen LogP contribution in [-0.4, -0.2) is 22.4 Å². The topological polar surface area (TPSA) is 66.4 Å². The first-order valence-corrected chi connectivity index (χ1v) is 10.1. The van der Waals surface area contributed by atoms with Crippen LogP contribution in [0.25, 0.3) is 0 Å². The number of benzene rings is 1. The largest absolute Gasteiger partial charge is 0.416 e. The van der Waals surface area contributed by atoms with E-state index in [0.717, 1.165) is 6.42 Å². The molecule has 2 saturated carbocycles. The van der Waals surface area contributed by atoms with Gasteiger partial charge in [0.15, 0.2) is 0 Å². The summed E-state index contributed by atoms with van der Waals surface area (Å²) < 4.78 is 78.3. The summed E-state index contributed by atoms with van der Waals surface area (Å²) in [5, 5.41) is 13.6. The fourth-order valence-corrected chi connectivity index (χ4v) is 4.76. The molecule has 1 unspecified atom stereocenters. The molecule has 2 fully saturated rings. The number of alkyl halides is 6. The summed E-state index contributed by atoms with van der Waals surface area (Å²) in [4.78, 5) is 25.1. The van der Waals surface area contributed by atoms with Gasteiger partial charge in [0.1, 0.15) is 5.78 Å². The van der Waals surface area contributed by atoms with Gasteiger partial charge in [-0.3, -0.25) is 9.59 Å². The molecule has 172 valence electrons. The second-order valence-electron chi connectivity index (χ2n) is 8.49. The monoisotopic (exact) mass is 451 g/mol. The molecule has 10 heteroatoms. The van der Waals surface area contributed by atoms with Crippen molar-refractivity contribution in [1.82, 2.24) is 5.32 Å². The number of hydrogen-bond acceptors (Lipinski definition) is 3. The molecule has 0 aromatic heterocycles. The summed E-state index contributed by atoms with van der Waals surface area (Å²) in [5.74, 6) is -0.915. The summed E-state index contributed by atoms with van der Waals surface area (Å²) in [5.41, 5.74) is -6.15. The van der Waals surface area contributed by atoms with Crippen LogP contribution in [0.5, 0.6) is 0 Å². The highest BCUT2D eigenvalue weighted by atomic mass is 19.4. The maximum atomic E-state index is 13.1. The average molecular weight is 451 g/mol. The maximum Gasteiger partial charge on any atom is 0.416 e. The Morgan fingerprint density at radius 2 is 1.48 bits per heavy atom. The van der Waals surface area contributed by atoms with Crippen molar-refractivity contribution in [3.8, 4) is 0 Å². The van der Waals surface area contributed by atoms with E-state index in [9.17, 15) is 41.0 Å². The number of carbonyl (C=O) groups is 2. The van der Waals surface area contributed by atoms with Gasteiger partial charge in [0.05, 0.1) is 22.1 Å². The SMILES string of the molecule is O=C1CCC(C(=O)NCc2cc(C(F)(F)F)cc(C(F)(F)F)c2)(C2(O)CCCCC2)C1. The fourth-order valence-electron chi connectivity index (χ4n) is 4.76. The molecule has 0 aliphatic heterocycles. The van der Waals surface area contributed by atoms with Gasteiger partial charge in [0, 0.05) is 19.4 Å². The quantitative estimate of drug-likeness (QED) is 0.648. The number of halogens is 6. The van der Waals surface area contributed by atoms with Gasteiger partial charge in [-0.15, -0.1) is 0 Å². The van der Waals surface area contributed by atoms with E-state index < -0.39 is 46.9 Å². The van der Waals surface area contributed by atoms with Crippen molar-refractivity contribution in [2.45, 2.75) is 75.9 Å². The predicted molar refractivity (Wildman–Crippen MR) is 97.6 cm³/mol.